The van der Waals surface area contributed by atoms with Gasteiger partial charge >= 0.3 is 5.97 Å². The lowest BCUT2D eigenvalue weighted by molar-refractivity contribution is -0.287. The fraction of sp³-hybridized carbons (Fsp3) is 0.500. The Hall–Kier alpha value is -3.60. The number of carbonyl (C=O) groups is 2. The predicted molar refractivity (Wildman–Crippen MR) is 161 cm³/mol. The molecule has 1 aliphatic heterocycles. The van der Waals surface area contributed by atoms with Crippen molar-refractivity contribution in [2.75, 3.05) is 46.6 Å². The zero-order valence-corrected chi connectivity index (χ0v) is 26.0. The maximum Gasteiger partial charge on any atom is 0.316 e. The number of esters is 1. The highest BCUT2D eigenvalue weighted by molar-refractivity contribution is 8.00. The van der Waals surface area contributed by atoms with Crippen LogP contribution in [0.1, 0.15) is 23.6 Å². The molecule has 0 saturated carbocycles. The Bertz CT molecular complexity index is 1450. The molecule has 14 nitrogen and oxygen atoms in total. The van der Waals surface area contributed by atoms with E-state index in [1.807, 2.05) is 6.07 Å². The molecule has 1 fully saturated rings. The number of benzene rings is 1. The average molecular weight is 652 g/mol. The predicted octanol–water partition coefficient (Wildman–Crippen LogP) is -0.0720. The Balaban J connectivity index is 1.48. The summed E-state index contributed by atoms with van der Waals surface area (Å²) >= 11 is 0.980. The smallest absolute Gasteiger partial charge is 0.316 e. The number of fused-ring (bicyclic) bond motifs is 3. The number of hydrogen-bond donors (Lipinski definition) is 5. The van der Waals surface area contributed by atoms with Crippen molar-refractivity contribution >= 4 is 23.6 Å². The lowest BCUT2D eigenvalue weighted by Crippen LogP contribution is -2.58. The van der Waals surface area contributed by atoms with Gasteiger partial charge in [-0.1, -0.05) is 6.07 Å². The molecule has 1 aliphatic carbocycles. The third-order valence-electron chi connectivity index (χ3n) is 7.60. The number of nitrogens with one attached hydrogen (secondary N) is 1. The first kappa shape index (κ1) is 34.3. The first-order chi connectivity index (χ1) is 21.5. The van der Waals surface area contributed by atoms with Crippen molar-refractivity contribution in [3.63, 3.8) is 0 Å². The monoisotopic (exact) mass is 651 g/mol. The largest absolute Gasteiger partial charge is 0.493 e. The van der Waals surface area contributed by atoms with Crippen LogP contribution in [0.5, 0.6) is 23.0 Å². The van der Waals surface area contributed by atoms with E-state index in [4.69, 9.17) is 28.4 Å². The number of carbonyl (C=O) groups excluding carboxylic acids is 2. The molecule has 6 atom stereocenters. The van der Waals surface area contributed by atoms with Gasteiger partial charge in [0.2, 0.25) is 17.1 Å². The molecule has 0 radical (unpaired) electrons. The van der Waals surface area contributed by atoms with Crippen molar-refractivity contribution in [2.45, 2.75) is 49.6 Å². The Labute approximate surface area is 263 Å². The second-order valence-corrected chi connectivity index (χ2v) is 11.3. The number of amides is 1. The molecule has 15 heteroatoms. The molecule has 0 bridgehead atoms. The quantitative estimate of drug-likeness (QED) is 0.202. The summed E-state index contributed by atoms with van der Waals surface area (Å²) in [5.74, 6) is -0.0640. The van der Waals surface area contributed by atoms with E-state index in [1.54, 1.807) is 12.1 Å². The molecule has 45 heavy (non-hydrogen) atoms. The maximum atomic E-state index is 13.1. The minimum atomic E-state index is -1.75. The molecule has 2 aromatic carbocycles. The summed E-state index contributed by atoms with van der Waals surface area (Å²) in [6, 6.07) is 5.99. The Morgan fingerprint density at radius 2 is 1.62 bits per heavy atom. The molecule has 1 amide bonds. The van der Waals surface area contributed by atoms with Gasteiger partial charge in [0.1, 0.15) is 31.0 Å². The topological polar surface area (TPSA) is 200 Å². The van der Waals surface area contributed by atoms with E-state index in [0.29, 0.717) is 46.8 Å². The van der Waals surface area contributed by atoms with Crippen LogP contribution in [0.2, 0.25) is 0 Å². The molecule has 5 N–H and O–H groups in total. The van der Waals surface area contributed by atoms with Gasteiger partial charge in [-0.15, -0.1) is 11.8 Å². The lowest BCUT2D eigenvalue weighted by atomic mass is 9.95. The zero-order chi connectivity index (χ0) is 32.8. The van der Waals surface area contributed by atoms with Crippen LogP contribution in [-0.4, -0.2) is 110 Å². The van der Waals surface area contributed by atoms with Crippen LogP contribution in [0, 0.1) is 0 Å². The summed E-state index contributed by atoms with van der Waals surface area (Å²) in [6.07, 6.45) is -7.04. The number of aliphatic hydroxyl groups excluding tert-OH is 4. The van der Waals surface area contributed by atoms with Crippen LogP contribution in [-0.2, 0) is 25.5 Å². The second-order valence-electron chi connectivity index (χ2n) is 10.3. The van der Waals surface area contributed by atoms with E-state index in [1.165, 1.54) is 34.5 Å². The Morgan fingerprint density at radius 1 is 0.911 bits per heavy atom. The van der Waals surface area contributed by atoms with Crippen LogP contribution < -0.4 is 29.7 Å². The fourth-order valence-corrected chi connectivity index (χ4v) is 5.99. The first-order valence-electron chi connectivity index (χ1n) is 14.0. The number of thioether (sulfide) groups is 1. The summed E-state index contributed by atoms with van der Waals surface area (Å²) in [5.41, 5.74) is 2.36. The van der Waals surface area contributed by atoms with E-state index in [0.717, 1.165) is 17.3 Å². The van der Waals surface area contributed by atoms with Crippen molar-refractivity contribution in [1.82, 2.24) is 5.32 Å². The van der Waals surface area contributed by atoms with E-state index < -0.39 is 55.2 Å². The molecule has 246 valence electrons. The van der Waals surface area contributed by atoms with Gasteiger partial charge in [0.15, 0.2) is 23.5 Å². The fourth-order valence-electron chi connectivity index (χ4n) is 5.37. The third kappa shape index (κ3) is 7.45. The average Bonchev–Trinajstić information content (AvgIpc) is 3.28. The third-order valence-corrected chi connectivity index (χ3v) is 8.51. The van der Waals surface area contributed by atoms with Crippen molar-refractivity contribution in [3.05, 3.63) is 45.6 Å². The zero-order valence-electron chi connectivity index (χ0n) is 25.2. The second kappa shape index (κ2) is 15.1. The van der Waals surface area contributed by atoms with Crippen molar-refractivity contribution in [3.8, 4) is 34.1 Å². The summed E-state index contributed by atoms with van der Waals surface area (Å²) in [6.45, 7) is -0.482. The highest BCUT2D eigenvalue weighted by Crippen LogP contribution is 2.50. The number of aryl methyl sites for hydroxylation is 1. The Morgan fingerprint density at radius 3 is 2.29 bits per heavy atom. The van der Waals surface area contributed by atoms with Crippen LogP contribution in [0.4, 0.5) is 0 Å². The van der Waals surface area contributed by atoms with Gasteiger partial charge < -0.3 is 54.2 Å². The molecule has 0 aromatic heterocycles. The van der Waals surface area contributed by atoms with E-state index in [9.17, 15) is 34.8 Å². The molecule has 0 spiro atoms. The SMILES string of the molecule is COc1cc2c(c(OC)c1OC)-c1ccc(OC)c(=O)cc1[C@@H](NC(=O)CSCC(=O)OC[C@H]1OC(O)[C@H](O)[C@@H](O)[C@@H]1O)CC2. The van der Waals surface area contributed by atoms with Gasteiger partial charge in [-0.2, -0.15) is 0 Å². The van der Waals surface area contributed by atoms with E-state index in [2.05, 4.69) is 5.32 Å². The minimum absolute atomic E-state index is 0.114. The molecule has 4 rings (SSSR count). The van der Waals surface area contributed by atoms with Crippen LogP contribution >= 0.6 is 11.8 Å². The summed E-state index contributed by atoms with van der Waals surface area (Å²) in [7, 11) is 5.92. The first-order valence-corrected chi connectivity index (χ1v) is 15.1. The van der Waals surface area contributed by atoms with Crippen LogP contribution in [0.3, 0.4) is 0 Å². The number of ether oxygens (including phenoxy) is 6. The normalized spacial score (nSPS) is 23.9. The summed E-state index contributed by atoms with van der Waals surface area (Å²) < 4.78 is 32.2. The highest BCUT2D eigenvalue weighted by Gasteiger charge is 2.43. The number of methoxy groups -OCH3 is 4. The molecule has 2 aromatic rings. The Kier molecular flexibility index (Phi) is 11.5. The van der Waals surface area contributed by atoms with Gasteiger partial charge in [-0.05, 0) is 47.7 Å². The van der Waals surface area contributed by atoms with Crippen molar-refractivity contribution in [2.24, 2.45) is 0 Å². The number of hydrogen-bond acceptors (Lipinski definition) is 14. The standard InChI is InChI=1S/C30H37NO13S/c1-39-19-8-6-15-16(10-18(19)32)17(7-5-14-9-20(40-2)28(41-3)29(42-4)24(14)15)31-22(33)12-45-13-23(34)43-11-21-25(35)26(36)27(37)30(38)44-21/h6,8-10,17,21,25-27,30,35-38H,5,7,11-13H2,1-4H3,(H,31,33)/t17-,21+,25+,26-,27+,30?/m0/s1. The highest BCUT2D eigenvalue weighted by atomic mass is 32.2. The van der Waals surface area contributed by atoms with Crippen molar-refractivity contribution in [1.29, 1.82) is 0 Å². The number of rotatable bonds is 11. The summed E-state index contributed by atoms with van der Waals surface area (Å²) in [4.78, 5) is 38.3. The minimum Gasteiger partial charge on any atom is -0.493 e. The van der Waals surface area contributed by atoms with Gasteiger partial charge in [-0.3, -0.25) is 14.4 Å². The van der Waals surface area contributed by atoms with E-state index >= 15 is 0 Å². The van der Waals surface area contributed by atoms with Gasteiger partial charge in [0, 0.05) is 5.56 Å². The van der Waals surface area contributed by atoms with E-state index in [-0.39, 0.29) is 22.7 Å². The molecular formula is C30H37NO13S. The van der Waals surface area contributed by atoms with Crippen LogP contribution in [0.15, 0.2) is 29.1 Å². The molecule has 2 aliphatic rings. The lowest BCUT2D eigenvalue weighted by Gasteiger charge is -2.37. The van der Waals surface area contributed by atoms with Gasteiger partial charge in [0.25, 0.3) is 0 Å². The molecule has 1 unspecified atom stereocenters. The number of aliphatic hydroxyl groups is 4. The van der Waals surface area contributed by atoms with Crippen molar-refractivity contribution < 1.29 is 58.4 Å². The summed E-state index contributed by atoms with van der Waals surface area (Å²) in [5, 5.41) is 41.9. The van der Waals surface area contributed by atoms with Gasteiger partial charge in [-0.25, -0.2) is 0 Å². The van der Waals surface area contributed by atoms with Crippen LogP contribution in [0.25, 0.3) is 11.1 Å². The molecule has 1 heterocycles. The molecule has 1 saturated heterocycles. The van der Waals surface area contributed by atoms with Gasteiger partial charge in [0.05, 0.1) is 46.0 Å². The maximum absolute atomic E-state index is 13.1. The molecular weight excluding hydrogens is 614 g/mol.